The van der Waals surface area contributed by atoms with Crippen LogP contribution in [0.15, 0.2) is 109 Å². The molecule has 4 aromatic rings. The Hall–Kier alpha value is -4.02. The lowest BCUT2D eigenvalue weighted by Crippen LogP contribution is -2.13. The highest BCUT2D eigenvalue weighted by Crippen LogP contribution is 2.33. The summed E-state index contributed by atoms with van der Waals surface area (Å²) in [5.41, 5.74) is 11.7. The molecule has 0 amide bonds. The minimum absolute atomic E-state index is 0.270. The molecule has 0 aliphatic rings. The standard InChI is InChI=1S/2C16H16F3NO/c2*17-16(18,19)13-6-8-14(9-7-13)21-15(10-11-20)12-4-2-1-3-5-12/h2*1-9,15H,10-11,20H2/t2*15-/m10/s1. The molecular formula is C32H32F6N2O2. The van der Waals surface area contributed by atoms with E-state index in [2.05, 4.69) is 0 Å². The Morgan fingerprint density at radius 2 is 0.786 bits per heavy atom. The lowest BCUT2D eigenvalue weighted by Gasteiger charge is -2.19. The molecule has 0 fully saturated rings. The second-order valence-electron chi connectivity index (χ2n) is 9.23. The third-order valence-electron chi connectivity index (χ3n) is 6.12. The molecule has 4 nitrogen and oxygen atoms in total. The number of benzene rings is 4. The highest BCUT2D eigenvalue weighted by Gasteiger charge is 2.31. The summed E-state index contributed by atoms with van der Waals surface area (Å²) >= 11 is 0. The van der Waals surface area contributed by atoms with Crippen molar-refractivity contribution in [3.05, 3.63) is 131 Å². The van der Waals surface area contributed by atoms with Gasteiger partial charge in [-0.1, -0.05) is 60.7 Å². The number of ether oxygens (including phenoxy) is 2. The van der Waals surface area contributed by atoms with Gasteiger partial charge in [-0.15, -0.1) is 0 Å². The topological polar surface area (TPSA) is 70.5 Å². The maximum Gasteiger partial charge on any atom is 0.416 e. The summed E-state index contributed by atoms with van der Waals surface area (Å²) in [7, 11) is 0. The summed E-state index contributed by atoms with van der Waals surface area (Å²) in [6.45, 7) is 0.861. The smallest absolute Gasteiger partial charge is 0.416 e. The zero-order valence-electron chi connectivity index (χ0n) is 22.6. The molecule has 2 atom stereocenters. The zero-order chi connectivity index (χ0) is 30.6. The van der Waals surface area contributed by atoms with E-state index in [1.165, 1.54) is 24.3 Å². The molecule has 42 heavy (non-hydrogen) atoms. The van der Waals surface area contributed by atoms with Crippen molar-refractivity contribution in [2.24, 2.45) is 11.5 Å². The lowest BCUT2D eigenvalue weighted by atomic mass is 10.1. The molecule has 0 aromatic heterocycles. The van der Waals surface area contributed by atoms with E-state index >= 15 is 0 Å². The first kappa shape index (κ1) is 32.5. The van der Waals surface area contributed by atoms with Crippen molar-refractivity contribution in [1.29, 1.82) is 0 Å². The number of hydrogen-bond acceptors (Lipinski definition) is 4. The van der Waals surface area contributed by atoms with Gasteiger partial charge >= 0.3 is 12.4 Å². The molecule has 0 aliphatic carbocycles. The van der Waals surface area contributed by atoms with E-state index < -0.39 is 23.5 Å². The minimum Gasteiger partial charge on any atom is -0.486 e. The van der Waals surface area contributed by atoms with Crippen LogP contribution < -0.4 is 20.9 Å². The Morgan fingerprint density at radius 1 is 0.476 bits per heavy atom. The van der Waals surface area contributed by atoms with E-state index in [9.17, 15) is 26.3 Å². The third kappa shape index (κ3) is 10.1. The molecule has 0 aliphatic heterocycles. The van der Waals surface area contributed by atoms with Crippen molar-refractivity contribution >= 4 is 0 Å². The molecule has 0 saturated carbocycles. The van der Waals surface area contributed by atoms with Gasteiger partial charge in [0.05, 0.1) is 11.1 Å². The largest absolute Gasteiger partial charge is 0.486 e. The fourth-order valence-corrected chi connectivity index (χ4v) is 4.00. The fraction of sp³-hybridized carbons (Fsp3) is 0.250. The van der Waals surface area contributed by atoms with Crippen LogP contribution in [0.1, 0.15) is 47.3 Å². The van der Waals surface area contributed by atoms with Gasteiger partial charge in [0.15, 0.2) is 0 Å². The summed E-state index contributed by atoms with van der Waals surface area (Å²) in [4.78, 5) is 0. The highest BCUT2D eigenvalue weighted by atomic mass is 19.4. The van der Waals surface area contributed by atoms with Crippen LogP contribution in [0.2, 0.25) is 0 Å². The maximum atomic E-state index is 12.5. The van der Waals surface area contributed by atoms with Crippen molar-refractivity contribution in [2.75, 3.05) is 13.1 Å². The molecule has 4 N–H and O–H groups in total. The van der Waals surface area contributed by atoms with Crippen LogP contribution in [0.25, 0.3) is 0 Å². The van der Waals surface area contributed by atoms with Gasteiger partial charge in [-0.05, 0) is 72.7 Å². The van der Waals surface area contributed by atoms with Crippen LogP contribution in [0.4, 0.5) is 26.3 Å². The Kier molecular flexibility index (Phi) is 11.8. The third-order valence-corrected chi connectivity index (χ3v) is 6.12. The second-order valence-corrected chi connectivity index (χ2v) is 9.23. The van der Waals surface area contributed by atoms with E-state index in [1.54, 1.807) is 0 Å². The van der Waals surface area contributed by atoms with Crippen LogP contribution in [0, 0.1) is 0 Å². The van der Waals surface area contributed by atoms with Gasteiger partial charge in [-0.2, -0.15) is 26.3 Å². The predicted molar refractivity (Wildman–Crippen MR) is 150 cm³/mol. The van der Waals surface area contributed by atoms with Gasteiger partial charge in [0.2, 0.25) is 0 Å². The van der Waals surface area contributed by atoms with Crippen molar-refractivity contribution < 1.29 is 35.8 Å². The van der Waals surface area contributed by atoms with E-state index in [1.807, 2.05) is 60.7 Å². The molecule has 0 heterocycles. The molecule has 4 rings (SSSR count). The first-order valence-electron chi connectivity index (χ1n) is 13.2. The average molecular weight is 591 g/mol. The highest BCUT2D eigenvalue weighted by molar-refractivity contribution is 5.31. The summed E-state index contributed by atoms with van der Waals surface area (Å²) in [6.07, 6.45) is -8.04. The van der Waals surface area contributed by atoms with Gasteiger partial charge in [0.1, 0.15) is 23.7 Å². The lowest BCUT2D eigenvalue weighted by molar-refractivity contribution is -0.138. The van der Waals surface area contributed by atoms with Gasteiger partial charge in [0.25, 0.3) is 0 Å². The van der Waals surface area contributed by atoms with Crippen LogP contribution in [0.3, 0.4) is 0 Å². The predicted octanol–water partition coefficient (Wildman–Crippen LogP) is 8.35. The van der Waals surface area contributed by atoms with Gasteiger partial charge < -0.3 is 20.9 Å². The number of nitrogens with two attached hydrogens (primary N) is 2. The Bertz CT molecular complexity index is 1210. The molecule has 0 spiro atoms. The number of hydrogen-bond donors (Lipinski definition) is 2. The first-order chi connectivity index (χ1) is 20.0. The Morgan fingerprint density at radius 3 is 1.05 bits per heavy atom. The molecule has 4 aromatic carbocycles. The fourth-order valence-electron chi connectivity index (χ4n) is 4.00. The van der Waals surface area contributed by atoms with Gasteiger partial charge in [-0.25, -0.2) is 0 Å². The molecule has 0 saturated heterocycles. The molecule has 0 radical (unpaired) electrons. The van der Waals surface area contributed by atoms with Gasteiger partial charge in [-0.3, -0.25) is 0 Å². The first-order valence-corrected chi connectivity index (χ1v) is 13.2. The Balaban J connectivity index is 0.000000230. The van der Waals surface area contributed by atoms with E-state index in [0.717, 1.165) is 35.4 Å². The monoisotopic (exact) mass is 590 g/mol. The number of alkyl halides is 6. The van der Waals surface area contributed by atoms with E-state index in [4.69, 9.17) is 20.9 Å². The van der Waals surface area contributed by atoms with E-state index in [0.29, 0.717) is 37.4 Å². The second kappa shape index (κ2) is 15.3. The molecule has 0 bridgehead atoms. The average Bonchev–Trinajstić information content (AvgIpc) is 2.98. The van der Waals surface area contributed by atoms with E-state index in [-0.39, 0.29) is 12.2 Å². The molecule has 10 heteroatoms. The van der Waals surface area contributed by atoms with Crippen molar-refractivity contribution in [3.8, 4) is 11.5 Å². The number of rotatable bonds is 10. The molecule has 0 unspecified atom stereocenters. The van der Waals surface area contributed by atoms with Gasteiger partial charge in [0, 0.05) is 12.8 Å². The summed E-state index contributed by atoms with van der Waals surface area (Å²) in [6, 6.07) is 28.3. The summed E-state index contributed by atoms with van der Waals surface area (Å²) in [5.74, 6) is 0.788. The zero-order valence-corrected chi connectivity index (χ0v) is 22.6. The molecular weight excluding hydrogens is 558 g/mol. The van der Waals surface area contributed by atoms with Crippen molar-refractivity contribution in [1.82, 2.24) is 0 Å². The SMILES string of the molecule is NCC[C@@H](Oc1ccc(C(F)(F)F)cc1)c1ccccc1.NCC[C@H](Oc1ccc(C(F)(F)F)cc1)c1ccccc1. The summed E-state index contributed by atoms with van der Waals surface area (Å²) < 4.78 is 86.6. The van der Waals surface area contributed by atoms with Crippen LogP contribution in [0.5, 0.6) is 11.5 Å². The van der Waals surface area contributed by atoms with Crippen LogP contribution in [-0.4, -0.2) is 13.1 Å². The minimum atomic E-state index is -4.34. The van der Waals surface area contributed by atoms with Crippen LogP contribution in [-0.2, 0) is 12.4 Å². The van der Waals surface area contributed by atoms with Crippen molar-refractivity contribution in [2.45, 2.75) is 37.4 Å². The summed E-state index contributed by atoms with van der Waals surface area (Å²) in [5, 5.41) is 0. The Labute approximate surface area is 240 Å². The molecule has 224 valence electrons. The van der Waals surface area contributed by atoms with Crippen LogP contribution >= 0.6 is 0 Å². The maximum absolute atomic E-state index is 12.5. The van der Waals surface area contributed by atoms with Crippen molar-refractivity contribution in [3.63, 3.8) is 0 Å². The quantitative estimate of drug-likeness (QED) is 0.182. The normalized spacial score (nSPS) is 13.0. The number of halogens is 6.